The van der Waals surface area contributed by atoms with Crippen molar-refractivity contribution in [3.63, 3.8) is 0 Å². The maximum Gasteiger partial charge on any atom is 0.412 e. The predicted octanol–water partition coefficient (Wildman–Crippen LogP) is 4.26. The highest BCUT2D eigenvalue weighted by Gasteiger charge is 2.27. The summed E-state index contributed by atoms with van der Waals surface area (Å²) in [5.74, 6) is 0. The minimum Gasteiger partial charge on any atom is -0.444 e. The molecule has 6 heteroatoms. The molecule has 0 bridgehead atoms. The molecule has 0 aliphatic carbocycles. The number of nitrogens with zero attached hydrogens (tertiary/aromatic N) is 2. The van der Waals surface area contributed by atoms with E-state index in [9.17, 15) is 4.79 Å². The van der Waals surface area contributed by atoms with Crippen molar-refractivity contribution in [2.75, 3.05) is 18.4 Å². The van der Waals surface area contributed by atoms with Gasteiger partial charge in [0, 0.05) is 30.4 Å². The Morgan fingerprint density at radius 1 is 1.33 bits per heavy atom. The van der Waals surface area contributed by atoms with E-state index in [1.165, 1.54) is 10.4 Å². The standard InChI is InChI=1S/C18H25N3O2S/c1-5-20-11-8-13-14(12-20)24-16(21-9-6-7-10-21)15(13)19-17(22)23-18(2,3)4/h6-7,9-10H,5,8,11-12H2,1-4H3,(H,19,22). The third-order valence-corrected chi connectivity index (χ3v) is 5.26. The molecule has 0 radical (unpaired) electrons. The summed E-state index contributed by atoms with van der Waals surface area (Å²) in [6.07, 6.45) is 4.57. The third kappa shape index (κ3) is 3.65. The van der Waals surface area contributed by atoms with Crippen LogP contribution in [-0.2, 0) is 17.7 Å². The summed E-state index contributed by atoms with van der Waals surface area (Å²) in [5.41, 5.74) is 1.64. The molecular weight excluding hydrogens is 322 g/mol. The SMILES string of the molecule is CCN1CCc2c(sc(-n3cccc3)c2NC(=O)OC(C)(C)C)C1. The summed E-state index contributed by atoms with van der Waals surface area (Å²) in [4.78, 5) is 16.1. The van der Waals surface area contributed by atoms with E-state index < -0.39 is 11.7 Å². The molecule has 3 heterocycles. The predicted molar refractivity (Wildman–Crippen MR) is 98.2 cm³/mol. The van der Waals surface area contributed by atoms with Crippen LogP contribution >= 0.6 is 11.3 Å². The van der Waals surface area contributed by atoms with Gasteiger partial charge in [-0.15, -0.1) is 11.3 Å². The molecular formula is C18H25N3O2S. The Bertz CT molecular complexity index is 713. The Balaban J connectivity index is 1.94. The first-order chi connectivity index (χ1) is 11.4. The van der Waals surface area contributed by atoms with E-state index in [1.807, 2.05) is 45.3 Å². The molecule has 2 aromatic heterocycles. The van der Waals surface area contributed by atoms with Gasteiger partial charge in [0.05, 0.1) is 5.69 Å². The summed E-state index contributed by atoms with van der Waals surface area (Å²) < 4.78 is 7.51. The van der Waals surface area contributed by atoms with E-state index in [2.05, 4.69) is 21.7 Å². The van der Waals surface area contributed by atoms with Gasteiger partial charge in [0.15, 0.2) is 0 Å². The maximum absolute atomic E-state index is 12.3. The molecule has 1 aliphatic heterocycles. The molecule has 130 valence electrons. The van der Waals surface area contributed by atoms with Gasteiger partial charge in [-0.2, -0.15) is 0 Å². The van der Waals surface area contributed by atoms with E-state index in [0.29, 0.717) is 0 Å². The highest BCUT2D eigenvalue weighted by molar-refractivity contribution is 7.15. The molecule has 1 aliphatic rings. The largest absolute Gasteiger partial charge is 0.444 e. The lowest BCUT2D eigenvalue weighted by Crippen LogP contribution is -2.30. The quantitative estimate of drug-likeness (QED) is 0.902. The van der Waals surface area contributed by atoms with Gasteiger partial charge in [0.25, 0.3) is 0 Å². The van der Waals surface area contributed by atoms with E-state index >= 15 is 0 Å². The minimum absolute atomic E-state index is 0.394. The maximum atomic E-state index is 12.3. The number of thiophene rings is 1. The third-order valence-electron chi connectivity index (χ3n) is 4.03. The normalized spacial score (nSPS) is 15.2. The van der Waals surface area contributed by atoms with Crippen LogP contribution < -0.4 is 5.32 Å². The van der Waals surface area contributed by atoms with Crippen LogP contribution in [0.3, 0.4) is 0 Å². The van der Waals surface area contributed by atoms with Crippen molar-refractivity contribution in [3.8, 4) is 5.00 Å². The molecule has 3 rings (SSSR count). The second kappa shape index (κ2) is 6.61. The molecule has 0 fully saturated rings. The van der Waals surface area contributed by atoms with E-state index in [4.69, 9.17) is 4.74 Å². The topological polar surface area (TPSA) is 46.5 Å². The number of fused-ring (bicyclic) bond motifs is 1. The molecule has 0 unspecified atom stereocenters. The van der Waals surface area contributed by atoms with E-state index in [0.717, 1.165) is 36.7 Å². The van der Waals surface area contributed by atoms with Crippen molar-refractivity contribution in [1.29, 1.82) is 0 Å². The van der Waals surface area contributed by atoms with Crippen LogP contribution in [0.25, 0.3) is 5.00 Å². The summed E-state index contributed by atoms with van der Waals surface area (Å²) >= 11 is 1.75. The number of carbonyl (C=O) groups excluding carboxylic acids is 1. The summed E-state index contributed by atoms with van der Waals surface area (Å²) in [5, 5.41) is 4.06. The average molecular weight is 347 g/mol. The fourth-order valence-corrected chi connectivity index (χ4v) is 4.21. The van der Waals surface area contributed by atoms with Gasteiger partial charge in [-0.05, 0) is 51.4 Å². The van der Waals surface area contributed by atoms with Gasteiger partial charge in [-0.1, -0.05) is 6.92 Å². The van der Waals surface area contributed by atoms with Gasteiger partial charge in [0.1, 0.15) is 10.6 Å². The number of hydrogen-bond acceptors (Lipinski definition) is 4. The fraction of sp³-hybridized carbons (Fsp3) is 0.500. The van der Waals surface area contributed by atoms with Gasteiger partial charge >= 0.3 is 6.09 Å². The highest BCUT2D eigenvalue weighted by atomic mass is 32.1. The zero-order chi connectivity index (χ0) is 17.3. The first kappa shape index (κ1) is 17.0. The van der Waals surface area contributed by atoms with Crippen LogP contribution in [0.4, 0.5) is 10.5 Å². The lowest BCUT2D eigenvalue weighted by atomic mass is 10.1. The van der Waals surface area contributed by atoms with Crippen molar-refractivity contribution in [2.45, 2.75) is 46.3 Å². The highest BCUT2D eigenvalue weighted by Crippen LogP contribution is 2.40. The average Bonchev–Trinajstić information content (AvgIpc) is 3.12. The number of anilines is 1. The molecule has 2 aromatic rings. The van der Waals surface area contributed by atoms with Crippen LogP contribution in [0.2, 0.25) is 0 Å². The fourth-order valence-electron chi connectivity index (χ4n) is 2.90. The zero-order valence-electron chi connectivity index (χ0n) is 14.8. The molecule has 0 spiro atoms. The molecule has 0 aromatic carbocycles. The lowest BCUT2D eigenvalue weighted by Gasteiger charge is -2.26. The second-order valence-electron chi connectivity index (χ2n) is 7.02. The van der Waals surface area contributed by atoms with E-state index in [1.54, 1.807) is 11.3 Å². The monoisotopic (exact) mass is 347 g/mol. The Labute approximate surface area is 147 Å². The zero-order valence-corrected chi connectivity index (χ0v) is 15.6. The smallest absolute Gasteiger partial charge is 0.412 e. The number of likely N-dealkylation sites (N-methyl/N-ethyl adjacent to an activating group) is 1. The number of carbonyl (C=O) groups is 1. The Morgan fingerprint density at radius 2 is 2.04 bits per heavy atom. The van der Waals surface area contributed by atoms with Crippen LogP contribution in [0, 0.1) is 0 Å². The van der Waals surface area contributed by atoms with Crippen molar-refractivity contribution in [2.24, 2.45) is 0 Å². The first-order valence-corrected chi connectivity index (χ1v) is 9.19. The van der Waals surface area contributed by atoms with Crippen molar-refractivity contribution < 1.29 is 9.53 Å². The molecule has 0 saturated carbocycles. The summed E-state index contributed by atoms with van der Waals surface area (Å²) in [6.45, 7) is 10.8. The Kier molecular flexibility index (Phi) is 4.69. The number of nitrogens with one attached hydrogen (secondary N) is 1. The van der Waals surface area contributed by atoms with Crippen LogP contribution in [0.15, 0.2) is 24.5 Å². The molecule has 0 atom stereocenters. The number of amides is 1. The number of aromatic nitrogens is 1. The van der Waals surface area contributed by atoms with Crippen LogP contribution in [0.5, 0.6) is 0 Å². The van der Waals surface area contributed by atoms with Crippen molar-refractivity contribution in [1.82, 2.24) is 9.47 Å². The summed E-state index contributed by atoms with van der Waals surface area (Å²) in [6, 6.07) is 3.99. The van der Waals surface area contributed by atoms with Gasteiger partial charge in [0.2, 0.25) is 0 Å². The van der Waals surface area contributed by atoms with Crippen molar-refractivity contribution in [3.05, 3.63) is 35.0 Å². The van der Waals surface area contributed by atoms with Gasteiger partial charge in [-0.25, -0.2) is 4.79 Å². The van der Waals surface area contributed by atoms with Gasteiger partial charge in [-0.3, -0.25) is 10.2 Å². The van der Waals surface area contributed by atoms with E-state index in [-0.39, 0.29) is 0 Å². The summed E-state index contributed by atoms with van der Waals surface area (Å²) in [7, 11) is 0. The molecule has 5 nitrogen and oxygen atoms in total. The molecule has 24 heavy (non-hydrogen) atoms. The molecule has 1 N–H and O–H groups in total. The second-order valence-corrected chi connectivity index (χ2v) is 8.10. The number of rotatable bonds is 3. The van der Waals surface area contributed by atoms with Gasteiger partial charge < -0.3 is 9.30 Å². The molecule has 0 saturated heterocycles. The molecule has 1 amide bonds. The van der Waals surface area contributed by atoms with Crippen molar-refractivity contribution >= 4 is 23.1 Å². The Morgan fingerprint density at radius 3 is 2.67 bits per heavy atom. The first-order valence-electron chi connectivity index (χ1n) is 8.37. The number of hydrogen-bond donors (Lipinski definition) is 1. The minimum atomic E-state index is -0.507. The van der Waals surface area contributed by atoms with Crippen LogP contribution in [-0.4, -0.2) is 34.3 Å². The van der Waals surface area contributed by atoms with Crippen LogP contribution in [0.1, 0.15) is 38.1 Å². The lowest BCUT2D eigenvalue weighted by molar-refractivity contribution is 0.0635. The number of ether oxygens (including phenoxy) is 1. The Hall–Kier alpha value is -1.79.